The van der Waals surface area contributed by atoms with Gasteiger partial charge in [-0.05, 0) is 24.1 Å². The average molecular weight is 293 g/mol. The highest BCUT2D eigenvalue weighted by Gasteiger charge is 2.38. The van der Waals surface area contributed by atoms with Gasteiger partial charge in [0.25, 0.3) is 5.91 Å². The molecule has 0 spiro atoms. The van der Waals surface area contributed by atoms with Gasteiger partial charge in [-0.15, -0.1) is 0 Å². The number of methoxy groups -OCH3 is 1. The molecular formula is C15H19NO5. The number of nitrogens with one attached hydrogen (secondary N) is 1. The van der Waals surface area contributed by atoms with Crippen LogP contribution in [0.5, 0.6) is 0 Å². The summed E-state index contributed by atoms with van der Waals surface area (Å²) in [5, 5.41) is 11.8. The van der Waals surface area contributed by atoms with E-state index in [2.05, 4.69) is 5.32 Å². The zero-order valence-corrected chi connectivity index (χ0v) is 11.9. The molecular weight excluding hydrogens is 274 g/mol. The maximum Gasteiger partial charge on any atom is 0.305 e. The Bertz CT molecular complexity index is 523. The molecule has 0 radical (unpaired) electrons. The molecule has 1 aromatic rings. The van der Waals surface area contributed by atoms with E-state index in [-0.39, 0.29) is 18.9 Å². The van der Waals surface area contributed by atoms with Crippen LogP contribution in [0.4, 0.5) is 0 Å². The Morgan fingerprint density at radius 1 is 1.48 bits per heavy atom. The predicted molar refractivity (Wildman–Crippen MR) is 75.0 cm³/mol. The highest BCUT2D eigenvalue weighted by molar-refractivity contribution is 5.95. The van der Waals surface area contributed by atoms with Gasteiger partial charge in [-0.3, -0.25) is 9.59 Å². The molecule has 1 aliphatic heterocycles. The van der Waals surface area contributed by atoms with E-state index < -0.39 is 11.5 Å². The lowest BCUT2D eigenvalue weighted by Gasteiger charge is -2.27. The first kappa shape index (κ1) is 15.5. The van der Waals surface area contributed by atoms with Crippen molar-refractivity contribution in [3.63, 3.8) is 0 Å². The van der Waals surface area contributed by atoms with Gasteiger partial charge < -0.3 is 19.9 Å². The van der Waals surface area contributed by atoms with Gasteiger partial charge in [-0.1, -0.05) is 12.1 Å². The lowest BCUT2D eigenvalue weighted by atomic mass is 9.93. The number of aliphatic carboxylic acids is 1. The van der Waals surface area contributed by atoms with Gasteiger partial charge in [0.1, 0.15) is 0 Å². The number of rotatable bonds is 6. The Morgan fingerprint density at radius 2 is 2.29 bits per heavy atom. The fourth-order valence-electron chi connectivity index (χ4n) is 2.46. The van der Waals surface area contributed by atoms with Crippen LogP contribution in [0.2, 0.25) is 0 Å². The first-order chi connectivity index (χ1) is 10.0. The van der Waals surface area contributed by atoms with Crippen molar-refractivity contribution in [2.24, 2.45) is 0 Å². The molecule has 0 aromatic heterocycles. The molecule has 1 heterocycles. The molecule has 0 aliphatic carbocycles. The minimum atomic E-state index is -0.950. The van der Waals surface area contributed by atoms with E-state index >= 15 is 0 Å². The Balaban J connectivity index is 2.11. The molecule has 2 N–H and O–H groups in total. The molecule has 21 heavy (non-hydrogen) atoms. The van der Waals surface area contributed by atoms with E-state index in [4.69, 9.17) is 14.6 Å². The fourth-order valence-corrected chi connectivity index (χ4v) is 2.46. The van der Waals surface area contributed by atoms with Crippen molar-refractivity contribution in [2.45, 2.75) is 25.0 Å². The molecule has 1 aliphatic rings. The molecule has 1 unspecified atom stereocenters. The van der Waals surface area contributed by atoms with E-state index in [9.17, 15) is 9.59 Å². The fraction of sp³-hybridized carbons (Fsp3) is 0.467. The molecule has 1 amide bonds. The Labute approximate surface area is 123 Å². The van der Waals surface area contributed by atoms with Crippen molar-refractivity contribution >= 4 is 11.9 Å². The van der Waals surface area contributed by atoms with Crippen molar-refractivity contribution < 1.29 is 24.2 Å². The van der Waals surface area contributed by atoms with Crippen molar-refractivity contribution in [1.29, 1.82) is 0 Å². The van der Waals surface area contributed by atoms with E-state index in [1.165, 1.54) is 0 Å². The molecule has 1 atom stereocenters. The standard InChI is InChI=1S/C15H19NO5/c1-20-9-11-3-2-4-12(7-11)14(19)16-15(8-13(17)18)5-6-21-10-15/h2-4,7H,5-6,8-10H2,1H3,(H,16,19)(H,17,18). The van der Waals surface area contributed by atoms with Gasteiger partial charge in [0.2, 0.25) is 0 Å². The van der Waals surface area contributed by atoms with Crippen molar-refractivity contribution in [3.05, 3.63) is 35.4 Å². The van der Waals surface area contributed by atoms with Gasteiger partial charge in [0, 0.05) is 19.3 Å². The zero-order chi connectivity index (χ0) is 15.3. The normalized spacial score (nSPS) is 21.2. The average Bonchev–Trinajstić information content (AvgIpc) is 2.86. The van der Waals surface area contributed by atoms with Gasteiger partial charge >= 0.3 is 5.97 Å². The second kappa shape index (κ2) is 6.69. The van der Waals surface area contributed by atoms with E-state index in [1.54, 1.807) is 25.3 Å². The number of carboxylic acid groups (broad SMARTS) is 1. The van der Waals surface area contributed by atoms with Crippen LogP contribution in [0.25, 0.3) is 0 Å². The van der Waals surface area contributed by atoms with Crippen LogP contribution in [-0.2, 0) is 20.9 Å². The minimum Gasteiger partial charge on any atom is -0.481 e. The molecule has 6 heteroatoms. The maximum atomic E-state index is 12.3. The highest BCUT2D eigenvalue weighted by atomic mass is 16.5. The lowest BCUT2D eigenvalue weighted by molar-refractivity contribution is -0.138. The molecule has 1 saturated heterocycles. The van der Waals surface area contributed by atoms with Crippen LogP contribution in [0.15, 0.2) is 24.3 Å². The van der Waals surface area contributed by atoms with Crippen LogP contribution in [-0.4, -0.2) is 42.8 Å². The molecule has 1 aromatic carbocycles. The summed E-state index contributed by atoms with van der Waals surface area (Å²) in [4.78, 5) is 23.3. The zero-order valence-electron chi connectivity index (χ0n) is 11.9. The molecule has 0 bridgehead atoms. The summed E-state index contributed by atoms with van der Waals surface area (Å²) in [7, 11) is 1.59. The Kier molecular flexibility index (Phi) is 4.93. The summed E-state index contributed by atoms with van der Waals surface area (Å²) in [6, 6.07) is 7.08. The van der Waals surface area contributed by atoms with Crippen LogP contribution >= 0.6 is 0 Å². The molecule has 1 fully saturated rings. The molecule has 2 rings (SSSR count). The van der Waals surface area contributed by atoms with Gasteiger partial charge in [0.15, 0.2) is 0 Å². The second-order valence-electron chi connectivity index (χ2n) is 5.24. The summed E-state index contributed by atoms with van der Waals surface area (Å²) in [5.41, 5.74) is 0.557. The van der Waals surface area contributed by atoms with Crippen LogP contribution in [0.3, 0.4) is 0 Å². The summed E-state index contributed by atoms with van der Waals surface area (Å²) in [5.74, 6) is -1.24. The number of carboxylic acids is 1. The quantitative estimate of drug-likeness (QED) is 0.823. The second-order valence-corrected chi connectivity index (χ2v) is 5.24. The summed E-state index contributed by atoms with van der Waals surface area (Å²) in [6.07, 6.45) is 0.360. The number of carbonyl (C=O) groups excluding carboxylic acids is 1. The van der Waals surface area contributed by atoms with Gasteiger partial charge in [0.05, 0.1) is 25.2 Å². The number of carbonyl (C=O) groups is 2. The Hall–Kier alpha value is -1.92. The number of amides is 1. The third-order valence-corrected chi connectivity index (χ3v) is 3.47. The smallest absolute Gasteiger partial charge is 0.305 e. The highest BCUT2D eigenvalue weighted by Crippen LogP contribution is 2.23. The number of ether oxygens (including phenoxy) is 2. The van der Waals surface area contributed by atoms with E-state index in [1.807, 2.05) is 6.07 Å². The summed E-state index contributed by atoms with van der Waals surface area (Å²) in [6.45, 7) is 1.10. The third-order valence-electron chi connectivity index (χ3n) is 3.47. The topological polar surface area (TPSA) is 84.9 Å². The maximum absolute atomic E-state index is 12.3. The first-order valence-corrected chi connectivity index (χ1v) is 6.75. The van der Waals surface area contributed by atoms with Crippen LogP contribution in [0.1, 0.15) is 28.8 Å². The van der Waals surface area contributed by atoms with Crippen molar-refractivity contribution in [2.75, 3.05) is 20.3 Å². The molecule has 6 nitrogen and oxygen atoms in total. The van der Waals surface area contributed by atoms with E-state index in [0.29, 0.717) is 25.2 Å². The number of benzene rings is 1. The summed E-state index contributed by atoms with van der Waals surface area (Å²) < 4.78 is 10.3. The van der Waals surface area contributed by atoms with E-state index in [0.717, 1.165) is 5.56 Å². The number of hydrogen-bond acceptors (Lipinski definition) is 4. The summed E-state index contributed by atoms with van der Waals surface area (Å²) >= 11 is 0. The third kappa shape index (κ3) is 4.03. The monoisotopic (exact) mass is 293 g/mol. The van der Waals surface area contributed by atoms with Crippen LogP contribution in [0, 0.1) is 0 Å². The van der Waals surface area contributed by atoms with Crippen molar-refractivity contribution in [1.82, 2.24) is 5.32 Å². The molecule has 114 valence electrons. The Morgan fingerprint density at radius 3 is 2.90 bits per heavy atom. The largest absolute Gasteiger partial charge is 0.481 e. The number of hydrogen-bond donors (Lipinski definition) is 2. The van der Waals surface area contributed by atoms with Crippen LogP contribution < -0.4 is 5.32 Å². The first-order valence-electron chi connectivity index (χ1n) is 6.75. The predicted octanol–water partition coefficient (Wildman–Crippen LogP) is 1.20. The van der Waals surface area contributed by atoms with Gasteiger partial charge in [-0.25, -0.2) is 0 Å². The SMILES string of the molecule is COCc1cccc(C(=O)NC2(CC(=O)O)CCOC2)c1. The minimum absolute atomic E-state index is 0.142. The molecule has 0 saturated carbocycles. The lowest BCUT2D eigenvalue weighted by Crippen LogP contribution is -2.50. The van der Waals surface area contributed by atoms with Crippen molar-refractivity contribution in [3.8, 4) is 0 Å². The van der Waals surface area contributed by atoms with Gasteiger partial charge in [-0.2, -0.15) is 0 Å².